The van der Waals surface area contributed by atoms with Crippen LogP contribution in [-0.2, 0) is 6.54 Å². The number of hydrogen-bond donors (Lipinski definition) is 2. The molecule has 0 aliphatic carbocycles. The van der Waals surface area contributed by atoms with Crippen LogP contribution < -0.4 is 10.6 Å². The average Bonchev–Trinajstić information content (AvgIpc) is 2.74. The topological polar surface area (TPSA) is 62.7 Å². The smallest absolute Gasteiger partial charge is 0.229 e. The van der Waals surface area contributed by atoms with E-state index in [1.54, 1.807) is 6.20 Å². The Morgan fingerprint density at radius 2 is 1.56 bits per heavy atom. The number of para-hydroxylation sites is 1. The lowest BCUT2D eigenvalue weighted by Gasteiger charge is -2.11. The predicted octanol–water partition coefficient (Wildman–Crippen LogP) is 4.89. The maximum absolute atomic E-state index is 4.68. The normalized spacial score (nSPS) is 10.4. The van der Waals surface area contributed by atoms with E-state index >= 15 is 0 Å². The highest BCUT2D eigenvalue weighted by Gasteiger charge is 2.07. The molecule has 2 N–H and O–H groups in total. The molecule has 132 valence electrons. The lowest BCUT2D eigenvalue weighted by Crippen LogP contribution is -2.05. The summed E-state index contributed by atoms with van der Waals surface area (Å²) < 4.78 is 0. The molecule has 5 heteroatoms. The summed E-state index contributed by atoms with van der Waals surface area (Å²) in [7, 11) is 0. The number of hydrogen-bond acceptors (Lipinski definition) is 5. The number of anilines is 3. The third-order valence-electron chi connectivity index (χ3n) is 4.02. The van der Waals surface area contributed by atoms with Crippen molar-refractivity contribution in [1.82, 2.24) is 15.0 Å². The quantitative estimate of drug-likeness (QED) is 0.516. The molecule has 0 aliphatic heterocycles. The fourth-order valence-electron chi connectivity index (χ4n) is 2.70. The molecule has 0 aliphatic rings. The first kappa shape index (κ1) is 16.7. The van der Waals surface area contributed by atoms with Gasteiger partial charge >= 0.3 is 0 Å². The van der Waals surface area contributed by atoms with Gasteiger partial charge in [-0.3, -0.25) is 4.98 Å². The van der Waals surface area contributed by atoms with Gasteiger partial charge in [0.1, 0.15) is 5.82 Å². The molecule has 5 nitrogen and oxygen atoms in total. The number of benzene rings is 2. The molecule has 0 amide bonds. The van der Waals surface area contributed by atoms with E-state index in [1.165, 1.54) is 0 Å². The Balaban J connectivity index is 1.63. The van der Waals surface area contributed by atoms with Crippen molar-refractivity contribution in [2.75, 3.05) is 10.6 Å². The van der Waals surface area contributed by atoms with Crippen molar-refractivity contribution in [3.05, 3.63) is 96.8 Å². The molecular weight excluding hydrogens is 334 g/mol. The van der Waals surface area contributed by atoms with Gasteiger partial charge in [-0.1, -0.05) is 54.6 Å². The Kier molecular flexibility index (Phi) is 5.02. The Morgan fingerprint density at radius 3 is 2.30 bits per heavy atom. The Bertz CT molecular complexity index is 989. The van der Waals surface area contributed by atoms with Crippen LogP contribution in [0.3, 0.4) is 0 Å². The first-order chi connectivity index (χ1) is 13.4. The zero-order valence-corrected chi connectivity index (χ0v) is 14.7. The van der Waals surface area contributed by atoms with Gasteiger partial charge in [0.05, 0.1) is 5.69 Å². The summed E-state index contributed by atoms with van der Waals surface area (Å²) in [6.45, 7) is 0.643. The third kappa shape index (κ3) is 4.46. The van der Waals surface area contributed by atoms with E-state index in [0.717, 1.165) is 28.3 Å². The molecule has 2 aromatic carbocycles. The number of rotatable bonds is 6. The Hall–Kier alpha value is -3.73. The predicted molar refractivity (Wildman–Crippen MR) is 109 cm³/mol. The Morgan fingerprint density at radius 1 is 0.778 bits per heavy atom. The molecule has 0 bridgehead atoms. The second kappa shape index (κ2) is 8.10. The van der Waals surface area contributed by atoms with E-state index in [1.807, 2.05) is 85.1 Å². The van der Waals surface area contributed by atoms with Crippen molar-refractivity contribution in [2.45, 2.75) is 6.54 Å². The second-order valence-corrected chi connectivity index (χ2v) is 6.03. The zero-order valence-electron chi connectivity index (χ0n) is 14.7. The highest BCUT2D eigenvalue weighted by molar-refractivity contribution is 5.66. The highest BCUT2D eigenvalue weighted by atomic mass is 15.1. The van der Waals surface area contributed by atoms with Gasteiger partial charge in [-0.15, -0.1) is 0 Å². The molecule has 4 aromatic rings. The van der Waals surface area contributed by atoms with Gasteiger partial charge in [0, 0.05) is 36.3 Å². The average molecular weight is 353 g/mol. The van der Waals surface area contributed by atoms with Crippen molar-refractivity contribution in [2.24, 2.45) is 0 Å². The Labute approximate surface area is 158 Å². The molecule has 0 saturated carbocycles. The van der Waals surface area contributed by atoms with Crippen LogP contribution in [0, 0.1) is 0 Å². The molecular formula is C22H19N5. The van der Waals surface area contributed by atoms with Crippen molar-refractivity contribution in [3.63, 3.8) is 0 Å². The van der Waals surface area contributed by atoms with Crippen LogP contribution in [0.1, 0.15) is 5.56 Å². The highest BCUT2D eigenvalue weighted by Crippen LogP contribution is 2.23. The lowest BCUT2D eigenvalue weighted by atomic mass is 10.1. The largest absolute Gasteiger partial charge is 0.366 e. The minimum atomic E-state index is 0.552. The van der Waals surface area contributed by atoms with Crippen LogP contribution in [0.15, 0.2) is 91.3 Å². The molecule has 4 rings (SSSR count). The molecule has 0 unspecified atom stereocenters. The standard InChI is InChI=1S/C22H19N5/c1-3-9-18(10-4-1)20-14-21(24-16-17-8-7-13-23-15-17)27-22(26-20)25-19-11-5-2-6-12-19/h1-15H,16H2,(H2,24,25,26,27). The second-order valence-electron chi connectivity index (χ2n) is 6.03. The van der Waals surface area contributed by atoms with E-state index < -0.39 is 0 Å². The van der Waals surface area contributed by atoms with Crippen molar-refractivity contribution in [1.29, 1.82) is 0 Å². The minimum absolute atomic E-state index is 0.552. The van der Waals surface area contributed by atoms with Crippen LogP contribution in [-0.4, -0.2) is 15.0 Å². The fraction of sp³-hybridized carbons (Fsp3) is 0.0455. The monoisotopic (exact) mass is 353 g/mol. The SMILES string of the molecule is c1ccc(Nc2nc(NCc3cccnc3)cc(-c3ccccc3)n2)cc1. The first-order valence-corrected chi connectivity index (χ1v) is 8.76. The van der Waals surface area contributed by atoms with Crippen LogP contribution in [0.2, 0.25) is 0 Å². The van der Waals surface area contributed by atoms with Crippen LogP contribution >= 0.6 is 0 Å². The summed E-state index contributed by atoms with van der Waals surface area (Å²) >= 11 is 0. The molecule has 2 heterocycles. The summed E-state index contributed by atoms with van der Waals surface area (Å²) in [6.07, 6.45) is 3.61. The number of nitrogens with one attached hydrogen (secondary N) is 2. The van der Waals surface area contributed by atoms with E-state index in [2.05, 4.69) is 25.6 Å². The van der Waals surface area contributed by atoms with E-state index in [0.29, 0.717) is 12.5 Å². The van der Waals surface area contributed by atoms with Crippen molar-refractivity contribution < 1.29 is 0 Å². The van der Waals surface area contributed by atoms with E-state index in [-0.39, 0.29) is 0 Å². The van der Waals surface area contributed by atoms with Crippen molar-refractivity contribution in [3.8, 4) is 11.3 Å². The van der Waals surface area contributed by atoms with Gasteiger partial charge in [-0.05, 0) is 23.8 Å². The number of pyridine rings is 1. The lowest BCUT2D eigenvalue weighted by molar-refractivity contribution is 1.07. The van der Waals surface area contributed by atoms with Crippen molar-refractivity contribution >= 4 is 17.5 Å². The van der Waals surface area contributed by atoms with Crippen LogP contribution in [0.5, 0.6) is 0 Å². The maximum atomic E-state index is 4.68. The summed E-state index contributed by atoms with van der Waals surface area (Å²) in [5.41, 5.74) is 3.94. The van der Waals surface area contributed by atoms with E-state index in [4.69, 9.17) is 0 Å². The summed E-state index contributed by atoms with van der Waals surface area (Å²) in [4.78, 5) is 13.4. The van der Waals surface area contributed by atoms with Crippen LogP contribution in [0.25, 0.3) is 11.3 Å². The zero-order chi connectivity index (χ0) is 18.3. The van der Waals surface area contributed by atoms with Gasteiger partial charge < -0.3 is 10.6 Å². The summed E-state index contributed by atoms with van der Waals surface area (Å²) in [5.74, 6) is 1.31. The third-order valence-corrected chi connectivity index (χ3v) is 4.02. The molecule has 0 fully saturated rings. The summed E-state index contributed by atoms with van der Waals surface area (Å²) in [5, 5.41) is 6.64. The molecule has 0 radical (unpaired) electrons. The van der Waals surface area contributed by atoms with Gasteiger partial charge in [0.15, 0.2) is 0 Å². The summed E-state index contributed by atoms with van der Waals surface area (Å²) in [6, 6.07) is 25.9. The maximum Gasteiger partial charge on any atom is 0.229 e. The minimum Gasteiger partial charge on any atom is -0.366 e. The first-order valence-electron chi connectivity index (χ1n) is 8.76. The van der Waals surface area contributed by atoms with Gasteiger partial charge in [-0.25, -0.2) is 4.98 Å². The number of aromatic nitrogens is 3. The number of nitrogens with zero attached hydrogens (tertiary/aromatic N) is 3. The van der Waals surface area contributed by atoms with Gasteiger partial charge in [0.2, 0.25) is 5.95 Å². The molecule has 27 heavy (non-hydrogen) atoms. The molecule has 2 aromatic heterocycles. The molecule has 0 spiro atoms. The molecule has 0 saturated heterocycles. The van der Waals surface area contributed by atoms with E-state index in [9.17, 15) is 0 Å². The van der Waals surface area contributed by atoms with Crippen LogP contribution in [0.4, 0.5) is 17.5 Å². The van der Waals surface area contributed by atoms with Gasteiger partial charge in [0.25, 0.3) is 0 Å². The van der Waals surface area contributed by atoms with Gasteiger partial charge in [-0.2, -0.15) is 4.98 Å². The fourth-order valence-corrected chi connectivity index (χ4v) is 2.70. The molecule has 0 atom stereocenters.